The maximum atomic E-state index is 12.5. The van der Waals surface area contributed by atoms with Crippen LogP contribution in [0.3, 0.4) is 0 Å². The first-order valence-electron chi connectivity index (χ1n) is 6.69. The summed E-state index contributed by atoms with van der Waals surface area (Å²) in [5.41, 5.74) is 6.93. The highest BCUT2D eigenvalue weighted by Gasteiger charge is 2.40. The highest BCUT2D eigenvalue weighted by atomic mass is 35.5. The molecule has 6 heteroatoms. The normalized spacial score (nSPS) is 18.0. The van der Waals surface area contributed by atoms with Gasteiger partial charge in [-0.05, 0) is 42.5 Å². The number of rotatable bonds is 3. The summed E-state index contributed by atoms with van der Waals surface area (Å²) in [6, 6.07) is 14.0. The van der Waals surface area contributed by atoms with Crippen molar-refractivity contribution in [3.05, 3.63) is 53.6 Å². The maximum absolute atomic E-state index is 12.5. The molecule has 0 spiro atoms. The monoisotopic (exact) mass is 332 g/mol. The summed E-state index contributed by atoms with van der Waals surface area (Å²) in [6.07, 6.45) is 0.181. The molecule has 1 saturated heterocycles. The zero-order chi connectivity index (χ0) is 15.7. The van der Waals surface area contributed by atoms with Crippen molar-refractivity contribution in [1.29, 1.82) is 0 Å². The molecule has 0 unspecified atom stereocenters. The number of carbonyl (C=O) groups excluding carboxylic acids is 2. The van der Waals surface area contributed by atoms with Gasteiger partial charge in [-0.1, -0.05) is 17.7 Å². The van der Waals surface area contributed by atoms with E-state index < -0.39 is 5.25 Å². The Bertz CT molecular complexity index is 733. The molecule has 1 aliphatic heterocycles. The number of hydrogen-bond acceptors (Lipinski definition) is 4. The number of imide groups is 1. The molecule has 22 heavy (non-hydrogen) atoms. The van der Waals surface area contributed by atoms with E-state index in [2.05, 4.69) is 0 Å². The van der Waals surface area contributed by atoms with Gasteiger partial charge < -0.3 is 5.73 Å². The topological polar surface area (TPSA) is 63.4 Å². The van der Waals surface area contributed by atoms with Crippen molar-refractivity contribution < 1.29 is 9.59 Å². The number of anilines is 2. The predicted octanol–water partition coefficient (Wildman–Crippen LogP) is 3.35. The number of nitrogen functional groups attached to an aromatic ring is 1. The highest BCUT2D eigenvalue weighted by molar-refractivity contribution is 8.00. The van der Waals surface area contributed by atoms with E-state index in [1.54, 1.807) is 36.4 Å². The summed E-state index contributed by atoms with van der Waals surface area (Å²) >= 11 is 7.20. The maximum Gasteiger partial charge on any atom is 0.247 e. The second kappa shape index (κ2) is 6.02. The second-order valence-corrected chi connectivity index (χ2v) is 6.64. The number of halogens is 1. The molecule has 3 rings (SSSR count). The number of carbonyl (C=O) groups is 2. The first-order valence-corrected chi connectivity index (χ1v) is 7.95. The fraction of sp³-hybridized carbons (Fsp3) is 0.125. The van der Waals surface area contributed by atoms with E-state index in [9.17, 15) is 9.59 Å². The number of nitrogens with two attached hydrogens (primary N) is 1. The summed E-state index contributed by atoms with van der Waals surface area (Å²) < 4.78 is 0. The minimum atomic E-state index is -0.426. The summed E-state index contributed by atoms with van der Waals surface area (Å²) in [6.45, 7) is 0. The average Bonchev–Trinajstić information content (AvgIpc) is 2.75. The third-order valence-electron chi connectivity index (χ3n) is 3.33. The Hall–Kier alpha value is -1.98. The minimum absolute atomic E-state index is 0.181. The van der Waals surface area contributed by atoms with Gasteiger partial charge in [0.15, 0.2) is 0 Å². The van der Waals surface area contributed by atoms with Gasteiger partial charge in [0.1, 0.15) is 0 Å². The van der Waals surface area contributed by atoms with Gasteiger partial charge in [0.2, 0.25) is 11.8 Å². The molecule has 112 valence electrons. The van der Waals surface area contributed by atoms with E-state index in [4.69, 9.17) is 17.3 Å². The average molecular weight is 333 g/mol. The van der Waals surface area contributed by atoms with Crippen LogP contribution in [-0.2, 0) is 9.59 Å². The minimum Gasteiger partial charge on any atom is -0.399 e. The number of benzene rings is 2. The lowest BCUT2D eigenvalue weighted by Gasteiger charge is -2.15. The fourth-order valence-electron chi connectivity index (χ4n) is 2.31. The standard InChI is InChI=1S/C16H13ClN2O2S/c17-10-4-6-12(7-5-10)19-15(20)9-14(16(19)21)22-13-3-1-2-11(18)8-13/h1-8,14H,9,18H2/t14-/m1/s1. The van der Waals surface area contributed by atoms with Crippen LogP contribution in [0.5, 0.6) is 0 Å². The van der Waals surface area contributed by atoms with Crippen LogP contribution < -0.4 is 10.6 Å². The van der Waals surface area contributed by atoms with Crippen molar-refractivity contribution in [3.63, 3.8) is 0 Å². The molecule has 0 bridgehead atoms. The van der Waals surface area contributed by atoms with Gasteiger partial charge in [0.25, 0.3) is 0 Å². The third kappa shape index (κ3) is 2.96. The van der Waals surface area contributed by atoms with Crippen molar-refractivity contribution in [3.8, 4) is 0 Å². The van der Waals surface area contributed by atoms with Crippen molar-refractivity contribution in [2.45, 2.75) is 16.6 Å². The van der Waals surface area contributed by atoms with Gasteiger partial charge >= 0.3 is 0 Å². The number of nitrogens with zero attached hydrogens (tertiary/aromatic N) is 1. The molecule has 4 nitrogen and oxygen atoms in total. The second-order valence-electron chi connectivity index (χ2n) is 4.93. The molecule has 1 aliphatic rings. The fourth-order valence-corrected chi connectivity index (χ4v) is 3.56. The molecule has 2 aromatic rings. The lowest BCUT2D eigenvalue weighted by atomic mass is 10.3. The Balaban J connectivity index is 1.81. The van der Waals surface area contributed by atoms with Gasteiger partial charge in [0.05, 0.1) is 10.9 Å². The van der Waals surface area contributed by atoms with Crippen LogP contribution in [0, 0.1) is 0 Å². The van der Waals surface area contributed by atoms with Gasteiger partial charge in [-0.15, -0.1) is 11.8 Å². The van der Waals surface area contributed by atoms with Crippen LogP contribution in [0.25, 0.3) is 0 Å². The van der Waals surface area contributed by atoms with E-state index in [1.807, 2.05) is 12.1 Å². The Morgan fingerprint density at radius 1 is 1.14 bits per heavy atom. The van der Waals surface area contributed by atoms with E-state index in [0.29, 0.717) is 16.4 Å². The van der Waals surface area contributed by atoms with Crippen LogP contribution in [0.4, 0.5) is 11.4 Å². The largest absolute Gasteiger partial charge is 0.399 e. The van der Waals surface area contributed by atoms with Crippen LogP contribution in [-0.4, -0.2) is 17.1 Å². The summed E-state index contributed by atoms with van der Waals surface area (Å²) in [4.78, 5) is 26.8. The molecule has 0 radical (unpaired) electrons. The molecule has 1 heterocycles. The lowest BCUT2D eigenvalue weighted by molar-refractivity contribution is -0.121. The first-order chi connectivity index (χ1) is 10.5. The van der Waals surface area contributed by atoms with Crippen molar-refractivity contribution in [1.82, 2.24) is 0 Å². The van der Waals surface area contributed by atoms with Crippen molar-refractivity contribution in [2.24, 2.45) is 0 Å². The molecule has 0 aliphatic carbocycles. The Morgan fingerprint density at radius 2 is 1.86 bits per heavy atom. The Morgan fingerprint density at radius 3 is 2.55 bits per heavy atom. The number of amides is 2. The smallest absolute Gasteiger partial charge is 0.247 e. The summed E-state index contributed by atoms with van der Waals surface area (Å²) in [5, 5.41) is 0.138. The quantitative estimate of drug-likeness (QED) is 0.691. The van der Waals surface area contributed by atoms with Crippen LogP contribution in [0.15, 0.2) is 53.4 Å². The van der Waals surface area contributed by atoms with Crippen molar-refractivity contribution >= 4 is 46.6 Å². The summed E-state index contributed by atoms with van der Waals surface area (Å²) in [7, 11) is 0. The van der Waals surface area contributed by atoms with Gasteiger partial charge in [-0.2, -0.15) is 0 Å². The molecule has 1 fully saturated rings. The lowest BCUT2D eigenvalue weighted by Crippen LogP contribution is -2.31. The van der Waals surface area contributed by atoms with Crippen molar-refractivity contribution in [2.75, 3.05) is 10.6 Å². The Kier molecular flexibility index (Phi) is 4.09. The zero-order valence-electron chi connectivity index (χ0n) is 11.5. The van der Waals surface area contributed by atoms with Crippen LogP contribution in [0.2, 0.25) is 5.02 Å². The van der Waals surface area contributed by atoms with Gasteiger partial charge in [-0.3, -0.25) is 9.59 Å². The van der Waals surface area contributed by atoms with E-state index >= 15 is 0 Å². The number of thioether (sulfide) groups is 1. The van der Waals surface area contributed by atoms with Crippen LogP contribution in [0.1, 0.15) is 6.42 Å². The van der Waals surface area contributed by atoms with E-state index in [1.165, 1.54) is 16.7 Å². The molecular formula is C16H13ClN2O2S. The van der Waals surface area contributed by atoms with Crippen LogP contribution >= 0.6 is 23.4 Å². The highest BCUT2D eigenvalue weighted by Crippen LogP contribution is 2.34. The Labute approximate surface area is 137 Å². The molecule has 1 atom stereocenters. The zero-order valence-corrected chi connectivity index (χ0v) is 13.1. The SMILES string of the molecule is Nc1cccc(S[C@@H]2CC(=O)N(c3ccc(Cl)cc3)C2=O)c1. The molecule has 2 aromatic carbocycles. The molecule has 0 saturated carbocycles. The molecule has 2 N–H and O–H groups in total. The molecule has 0 aromatic heterocycles. The molecule has 2 amide bonds. The van der Waals surface area contributed by atoms with E-state index in [0.717, 1.165) is 4.90 Å². The van der Waals surface area contributed by atoms with Gasteiger partial charge in [0, 0.05) is 22.0 Å². The van der Waals surface area contributed by atoms with E-state index in [-0.39, 0.29) is 18.2 Å². The predicted molar refractivity (Wildman–Crippen MR) is 89.1 cm³/mol. The molecular weight excluding hydrogens is 320 g/mol. The van der Waals surface area contributed by atoms with Gasteiger partial charge in [-0.25, -0.2) is 4.90 Å². The number of hydrogen-bond donors (Lipinski definition) is 1. The summed E-state index contributed by atoms with van der Waals surface area (Å²) in [5.74, 6) is -0.409. The third-order valence-corrected chi connectivity index (χ3v) is 4.76. The first kappa shape index (κ1) is 14.9.